The molecule has 0 bridgehead atoms. The van der Waals surface area contributed by atoms with Gasteiger partial charge in [0.1, 0.15) is 0 Å². The van der Waals surface area contributed by atoms with Crippen LogP contribution in [0.5, 0.6) is 0 Å². The van der Waals surface area contributed by atoms with Crippen LogP contribution >= 0.6 is 0 Å². The molecule has 0 aromatic heterocycles. The summed E-state index contributed by atoms with van der Waals surface area (Å²) < 4.78 is 0. The summed E-state index contributed by atoms with van der Waals surface area (Å²) in [5, 5.41) is 9.92. The predicted molar refractivity (Wildman–Crippen MR) is 98.8 cm³/mol. The second-order valence-corrected chi connectivity index (χ2v) is 7.44. The summed E-state index contributed by atoms with van der Waals surface area (Å²) in [4.78, 5) is 11.9. The molecule has 0 saturated carbocycles. The van der Waals surface area contributed by atoms with Gasteiger partial charge in [-0.15, -0.1) is 0 Å². The van der Waals surface area contributed by atoms with E-state index in [0.717, 1.165) is 19.3 Å². The van der Waals surface area contributed by atoms with Crippen molar-refractivity contribution in [3.05, 3.63) is 11.8 Å². The number of Topliss-reactive ketones (excluding diaryl/α,β-unsaturated/α-hetero) is 1. The van der Waals surface area contributed by atoms with Gasteiger partial charge in [-0.05, 0) is 24.8 Å². The maximum Gasteiger partial charge on any atom is 0.196 e. The van der Waals surface area contributed by atoms with E-state index in [0.29, 0.717) is 12.3 Å². The zero-order valence-corrected chi connectivity index (χ0v) is 15.3. The van der Waals surface area contributed by atoms with Crippen molar-refractivity contribution >= 4 is 5.78 Å². The van der Waals surface area contributed by atoms with Gasteiger partial charge in [-0.25, -0.2) is 0 Å². The third kappa shape index (κ3) is 11.4. The fourth-order valence-electron chi connectivity index (χ4n) is 3.45. The van der Waals surface area contributed by atoms with Gasteiger partial charge in [0.25, 0.3) is 0 Å². The van der Waals surface area contributed by atoms with E-state index in [1.165, 1.54) is 77.0 Å². The first-order valence-corrected chi connectivity index (χ1v) is 10.1. The van der Waals surface area contributed by atoms with E-state index in [-0.39, 0.29) is 11.5 Å². The molecular weight excluding hydrogens is 284 g/mol. The molecule has 0 aromatic carbocycles. The summed E-state index contributed by atoms with van der Waals surface area (Å²) in [6.45, 7) is 2.11. The van der Waals surface area contributed by atoms with Gasteiger partial charge in [-0.2, -0.15) is 0 Å². The van der Waals surface area contributed by atoms with Crippen LogP contribution in [0.4, 0.5) is 0 Å². The zero-order chi connectivity index (χ0) is 16.8. The summed E-state index contributed by atoms with van der Waals surface area (Å²) in [6.07, 6.45) is 21.5. The third-order valence-electron chi connectivity index (χ3n) is 5.04. The molecule has 1 atom stereocenters. The molecule has 1 unspecified atom stereocenters. The highest BCUT2D eigenvalue weighted by Gasteiger charge is 2.09. The van der Waals surface area contributed by atoms with E-state index in [9.17, 15) is 9.90 Å². The summed E-state index contributed by atoms with van der Waals surface area (Å²) in [7, 11) is 0. The monoisotopic (exact) mass is 322 g/mol. The second-order valence-electron chi connectivity index (χ2n) is 7.44. The number of aliphatic hydroxyl groups excluding tert-OH is 1. The number of ketones is 1. The van der Waals surface area contributed by atoms with Gasteiger partial charge in [0.2, 0.25) is 0 Å². The molecule has 23 heavy (non-hydrogen) atoms. The van der Waals surface area contributed by atoms with Gasteiger partial charge in [0.05, 0.1) is 0 Å². The Morgan fingerprint density at radius 1 is 0.739 bits per heavy atom. The van der Waals surface area contributed by atoms with Gasteiger partial charge in [0.15, 0.2) is 11.5 Å². The number of carbonyl (C=O) groups excluding carboxylic acids is 1. The Balaban J connectivity index is 2.35. The van der Waals surface area contributed by atoms with Crippen molar-refractivity contribution in [2.75, 3.05) is 0 Å². The van der Waals surface area contributed by atoms with Crippen LogP contribution in [-0.4, -0.2) is 10.9 Å². The molecule has 1 aliphatic rings. The Morgan fingerprint density at radius 3 is 1.61 bits per heavy atom. The lowest BCUT2D eigenvalue weighted by Gasteiger charge is -2.08. The van der Waals surface area contributed by atoms with Crippen molar-refractivity contribution in [1.29, 1.82) is 0 Å². The Bertz CT molecular complexity index is 333. The van der Waals surface area contributed by atoms with Crippen molar-refractivity contribution in [2.24, 2.45) is 5.92 Å². The molecule has 0 heterocycles. The van der Waals surface area contributed by atoms with Crippen LogP contribution in [-0.2, 0) is 4.79 Å². The van der Waals surface area contributed by atoms with Gasteiger partial charge in [-0.1, -0.05) is 90.4 Å². The molecule has 0 saturated heterocycles. The normalized spacial score (nSPS) is 25.5. The Labute approximate surface area is 143 Å². The van der Waals surface area contributed by atoms with Crippen molar-refractivity contribution < 1.29 is 9.90 Å². The van der Waals surface area contributed by atoms with E-state index in [1.54, 1.807) is 6.08 Å². The lowest BCUT2D eigenvalue weighted by molar-refractivity contribution is -0.118. The summed E-state index contributed by atoms with van der Waals surface area (Å²) in [5.74, 6) is 0.253. The molecule has 0 fully saturated rings. The lowest BCUT2D eigenvalue weighted by Crippen LogP contribution is -2.04. The molecule has 0 spiro atoms. The maximum atomic E-state index is 11.9. The van der Waals surface area contributed by atoms with Crippen molar-refractivity contribution in [3.63, 3.8) is 0 Å². The van der Waals surface area contributed by atoms with Crippen LogP contribution in [0.15, 0.2) is 11.8 Å². The lowest BCUT2D eigenvalue weighted by atomic mass is 9.99. The highest BCUT2D eigenvalue weighted by atomic mass is 16.3. The Morgan fingerprint density at radius 2 is 1.13 bits per heavy atom. The summed E-state index contributed by atoms with van der Waals surface area (Å²) in [5.41, 5.74) is 0. The molecule has 0 radical (unpaired) electrons. The van der Waals surface area contributed by atoms with Gasteiger partial charge in [-0.3, -0.25) is 4.79 Å². The SMILES string of the molecule is CC1C=C(O)C(=O)CCCCCCCCCCCCCCCC1. The van der Waals surface area contributed by atoms with Gasteiger partial charge < -0.3 is 5.11 Å². The van der Waals surface area contributed by atoms with E-state index in [4.69, 9.17) is 0 Å². The molecular formula is C21H38O2. The van der Waals surface area contributed by atoms with E-state index >= 15 is 0 Å². The van der Waals surface area contributed by atoms with E-state index < -0.39 is 0 Å². The molecule has 1 aliphatic carbocycles. The van der Waals surface area contributed by atoms with Crippen molar-refractivity contribution in [1.82, 2.24) is 0 Å². The molecule has 0 aromatic rings. The number of hydrogen-bond donors (Lipinski definition) is 1. The summed E-state index contributed by atoms with van der Waals surface area (Å²) in [6, 6.07) is 0. The van der Waals surface area contributed by atoms with Gasteiger partial charge >= 0.3 is 0 Å². The standard InChI is InChI=1S/C21H38O2/c1-19-16-14-12-10-8-6-4-2-3-5-7-9-11-13-15-17-20(22)21(23)18-19/h18-19,23H,2-17H2,1H3. The van der Waals surface area contributed by atoms with Crippen LogP contribution in [0.2, 0.25) is 0 Å². The van der Waals surface area contributed by atoms with Crippen LogP contribution in [0.25, 0.3) is 0 Å². The van der Waals surface area contributed by atoms with E-state index in [2.05, 4.69) is 6.92 Å². The molecule has 1 N–H and O–H groups in total. The Kier molecular flexibility index (Phi) is 12.0. The first kappa shape index (κ1) is 20.3. The van der Waals surface area contributed by atoms with Crippen LogP contribution < -0.4 is 0 Å². The smallest absolute Gasteiger partial charge is 0.196 e. The molecule has 1 rings (SSSR count). The predicted octanol–water partition coefficient (Wildman–Crippen LogP) is 6.89. The number of aliphatic hydroxyl groups is 1. The summed E-state index contributed by atoms with van der Waals surface area (Å²) >= 11 is 0. The number of allylic oxidation sites excluding steroid dienone is 2. The Hall–Kier alpha value is -0.790. The van der Waals surface area contributed by atoms with Crippen molar-refractivity contribution in [3.8, 4) is 0 Å². The number of carbonyl (C=O) groups is 1. The fourth-order valence-corrected chi connectivity index (χ4v) is 3.45. The highest BCUT2D eigenvalue weighted by molar-refractivity contribution is 5.92. The van der Waals surface area contributed by atoms with Crippen LogP contribution in [0.3, 0.4) is 0 Å². The third-order valence-corrected chi connectivity index (χ3v) is 5.04. The average molecular weight is 323 g/mol. The minimum absolute atomic E-state index is 0.00639. The average Bonchev–Trinajstić information content (AvgIpc) is 2.53. The van der Waals surface area contributed by atoms with Gasteiger partial charge in [0, 0.05) is 6.42 Å². The molecule has 0 amide bonds. The molecule has 134 valence electrons. The fraction of sp³-hybridized carbons (Fsp3) is 0.857. The number of hydrogen-bond acceptors (Lipinski definition) is 2. The molecule has 2 nitrogen and oxygen atoms in total. The largest absolute Gasteiger partial charge is 0.505 e. The highest BCUT2D eigenvalue weighted by Crippen LogP contribution is 2.17. The minimum Gasteiger partial charge on any atom is -0.505 e. The topological polar surface area (TPSA) is 37.3 Å². The zero-order valence-electron chi connectivity index (χ0n) is 15.3. The van der Waals surface area contributed by atoms with Crippen molar-refractivity contribution in [2.45, 2.75) is 110 Å². The maximum absolute atomic E-state index is 11.9. The quantitative estimate of drug-likeness (QED) is 0.527. The minimum atomic E-state index is -0.0637. The molecule has 0 aliphatic heterocycles. The second kappa shape index (κ2) is 13.6. The molecule has 2 heteroatoms. The number of rotatable bonds is 0. The van der Waals surface area contributed by atoms with Crippen LogP contribution in [0.1, 0.15) is 110 Å². The first-order chi connectivity index (χ1) is 11.2. The van der Waals surface area contributed by atoms with Crippen LogP contribution in [0, 0.1) is 5.92 Å². The first-order valence-electron chi connectivity index (χ1n) is 10.1. The van der Waals surface area contributed by atoms with E-state index in [1.807, 2.05) is 0 Å².